The van der Waals surface area contributed by atoms with Gasteiger partial charge in [-0.05, 0) is 42.5 Å². The Labute approximate surface area is 258 Å². The third-order valence-corrected chi connectivity index (χ3v) is 6.29. The van der Waals surface area contributed by atoms with Crippen LogP contribution in [0.2, 0.25) is 0 Å². The van der Waals surface area contributed by atoms with Crippen molar-refractivity contribution in [1.29, 1.82) is 0 Å². The van der Waals surface area contributed by atoms with Gasteiger partial charge in [-0.3, -0.25) is 34.0 Å². The first-order valence-electron chi connectivity index (χ1n) is 13.1. The summed E-state index contributed by atoms with van der Waals surface area (Å²) in [4.78, 5) is 41.8. The number of aliphatic hydroxyl groups is 6. The molecule has 2 aromatic carbocycles. The average molecular weight is 655 g/mol. The predicted octanol–water partition coefficient (Wildman–Crippen LogP) is -1.96. The molecule has 0 aliphatic carbocycles. The van der Waals surface area contributed by atoms with Crippen LogP contribution in [-0.4, -0.2) is 116 Å². The number of nitro groups is 1. The van der Waals surface area contributed by atoms with Gasteiger partial charge >= 0.3 is 0 Å². The summed E-state index contributed by atoms with van der Waals surface area (Å²) >= 11 is 0. The SMILES string of the molecule is C=CC(=O)Nc1ccc(O[C@@H]2OC(OC=O)[C@@H](O)[C@H](O)C2O)cc1.O=COC1O[C@@H](Oc2ccc([N+](=O)[O-])cc2)C(O)[C@@H](O)[C@@H]1O. The first kappa shape index (κ1) is 35.7. The number of non-ortho nitro benzene ring substituents is 1. The van der Waals surface area contributed by atoms with E-state index in [1.165, 1.54) is 48.5 Å². The van der Waals surface area contributed by atoms with Gasteiger partial charge in [0.15, 0.2) is 0 Å². The third kappa shape index (κ3) is 9.15. The second-order valence-corrected chi connectivity index (χ2v) is 9.36. The monoisotopic (exact) mass is 654 g/mol. The molecule has 1 amide bonds. The number of hydrogen-bond donors (Lipinski definition) is 7. The maximum absolute atomic E-state index is 11.2. The predicted molar refractivity (Wildman–Crippen MR) is 147 cm³/mol. The smallest absolute Gasteiger partial charge is 0.295 e. The molecule has 0 radical (unpaired) electrons. The third-order valence-electron chi connectivity index (χ3n) is 6.29. The van der Waals surface area contributed by atoms with Crippen molar-refractivity contribution in [3.8, 4) is 11.5 Å². The highest BCUT2D eigenvalue weighted by Gasteiger charge is 2.47. The van der Waals surface area contributed by atoms with Gasteiger partial charge in [0.2, 0.25) is 31.1 Å². The number of hydrogen-bond acceptors (Lipinski definition) is 17. The van der Waals surface area contributed by atoms with E-state index in [0.717, 1.165) is 6.08 Å². The quantitative estimate of drug-likeness (QED) is 0.0599. The summed E-state index contributed by atoms with van der Waals surface area (Å²) < 4.78 is 29.7. The van der Waals surface area contributed by atoms with Gasteiger partial charge in [-0.25, -0.2) is 0 Å². The van der Waals surface area contributed by atoms with E-state index in [1.54, 1.807) is 0 Å². The molecular formula is C27H30N2O17. The topological polar surface area (TPSA) is 283 Å². The van der Waals surface area contributed by atoms with Gasteiger partial charge in [-0.2, -0.15) is 0 Å². The summed E-state index contributed by atoms with van der Waals surface area (Å²) in [6.07, 6.45) is -14.4. The lowest BCUT2D eigenvalue weighted by atomic mass is 10.0. The molecule has 7 N–H and O–H groups in total. The highest BCUT2D eigenvalue weighted by Crippen LogP contribution is 2.27. The maximum Gasteiger partial charge on any atom is 0.295 e. The zero-order valence-electron chi connectivity index (χ0n) is 23.5. The van der Waals surface area contributed by atoms with Crippen molar-refractivity contribution >= 4 is 30.2 Å². The number of carbonyl (C=O) groups excluding carboxylic acids is 3. The highest BCUT2D eigenvalue weighted by atomic mass is 16.8. The van der Waals surface area contributed by atoms with Crippen LogP contribution in [0.3, 0.4) is 0 Å². The van der Waals surface area contributed by atoms with Crippen molar-refractivity contribution in [3.63, 3.8) is 0 Å². The van der Waals surface area contributed by atoms with Crippen molar-refractivity contribution in [3.05, 3.63) is 71.3 Å². The molecule has 19 heteroatoms. The fourth-order valence-corrected chi connectivity index (χ4v) is 3.89. The molecule has 19 nitrogen and oxygen atoms in total. The van der Waals surface area contributed by atoms with Crippen LogP contribution in [-0.2, 0) is 33.3 Å². The normalized spacial score (nSPS) is 30.3. The fraction of sp³-hybridized carbons (Fsp3) is 0.370. The minimum Gasteiger partial charge on any atom is -0.462 e. The minimum absolute atomic E-state index is 0.0151. The number of aliphatic hydroxyl groups excluding tert-OH is 6. The summed E-state index contributed by atoms with van der Waals surface area (Å²) in [7, 11) is 0. The van der Waals surface area contributed by atoms with Gasteiger partial charge < -0.3 is 54.9 Å². The van der Waals surface area contributed by atoms with E-state index in [0.29, 0.717) is 5.69 Å². The molecule has 2 saturated heterocycles. The molecule has 0 spiro atoms. The highest BCUT2D eigenvalue weighted by molar-refractivity contribution is 5.98. The Morgan fingerprint density at radius 1 is 0.717 bits per heavy atom. The number of nitro benzene ring substituents is 1. The molecule has 2 heterocycles. The first-order chi connectivity index (χ1) is 21.9. The van der Waals surface area contributed by atoms with Crippen LogP contribution in [0.4, 0.5) is 11.4 Å². The molecule has 0 aromatic heterocycles. The van der Waals surface area contributed by atoms with Crippen LogP contribution in [0, 0.1) is 10.1 Å². The molecule has 4 rings (SSSR count). The number of benzene rings is 2. The van der Waals surface area contributed by atoms with Crippen LogP contribution in [0.5, 0.6) is 11.5 Å². The van der Waals surface area contributed by atoms with E-state index in [1.807, 2.05) is 0 Å². The molecule has 0 bridgehead atoms. The average Bonchev–Trinajstić information content (AvgIpc) is 3.05. The number of nitrogens with zero attached hydrogens (tertiary/aromatic N) is 1. The Hall–Kier alpha value is -4.73. The van der Waals surface area contributed by atoms with Crippen LogP contribution in [0.1, 0.15) is 0 Å². The lowest BCUT2D eigenvalue weighted by molar-refractivity contribution is -0.384. The van der Waals surface area contributed by atoms with E-state index in [4.69, 9.17) is 18.9 Å². The van der Waals surface area contributed by atoms with E-state index in [-0.39, 0.29) is 36.0 Å². The van der Waals surface area contributed by atoms with Crippen molar-refractivity contribution in [1.82, 2.24) is 0 Å². The van der Waals surface area contributed by atoms with Gasteiger partial charge in [0.05, 0.1) is 4.92 Å². The summed E-state index contributed by atoms with van der Waals surface area (Å²) in [5, 5.41) is 71.4. The molecule has 2 aliphatic heterocycles. The fourth-order valence-electron chi connectivity index (χ4n) is 3.89. The van der Waals surface area contributed by atoms with Crippen molar-refractivity contribution in [2.45, 2.75) is 61.8 Å². The van der Waals surface area contributed by atoms with E-state index in [9.17, 15) is 55.1 Å². The van der Waals surface area contributed by atoms with Crippen LogP contribution < -0.4 is 14.8 Å². The number of anilines is 1. The molecule has 2 fully saturated rings. The Morgan fingerprint density at radius 3 is 1.48 bits per heavy atom. The Kier molecular flexibility index (Phi) is 12.9. The lowest BCUT2D eigenvalue weighted by Crippen LogP contribution is -2.59. The molecular weight excluding hydrogens is 624 g/mol. The standard InChI is InChI=1S/C15H17NO8.C12H13NO9/c1-2-10(18)16-8-3-5-9(6-4-8)23-15-13(21)11(19)12(20)14(24-15)22-7-17;14-5-20-11-9(16)8(15)10(17)12(22-11)21-7-3-1-6(2-4-7)13(18)19/h2-7,11-15,19-21H,1H2,(H,16,18);1-5,8-12,15-17H/t11-,12-,13?,14?,15+;8-,9-,10?,11?,12+/m00/s1. The second kappa shape index (κ2) is 16.5. The van der Waals surface area contributed by atoms with E-state index in [2.05, 4.69) is 21.4 Å². The van der Waals surface area contributed by atoms with Gasteiger partial charge in [-0.15, -0.1) is 0 Å². The number of ether oxygens (including phenoxy) is 6. The van der Waals surface area contributed by atoms with E-state index < -0.39 is 66.7 Å². The number of amides is 1. The summed E-state index contributed by atoms with van der Waals surface area (Å²) in [5.41, 5.74) is 0.338. The second-order valence-electron chi connectivity index (χ2n) is 9.36. The molecule has 2 aliphatic rings. The Balaban J connectivity index is 0.000000251. The zero-order chi connectivity index (χ0) is 34.0. The molecule has 4 unspecified atom stereocenters. The summed E-state index contributed by atoms with van der Waals surface area (Å²) in [6, 6.07) is 10.9. The molecule has 46 heavy (non-hydrogen) atoms. The molecule has 10 atom stereocenters. The van der Waals surface area contributed by atoms with E-state index >= 15 is 0 Å². The molecule has 250 valence electrons. The van der Waals surface area contributed by atoms with Gasteiger partial charge in [-0.1, -0.05) is 6.58 Å². The van der Waals surface area contributed by atoms with Gasteiger partial charge in [0, 0.05) is 17.8 Å². The lowest BCUT2D eigenvalue weighted by Gasteiger charge is -2.38. The van der Waals surface area contributed by atoms with Crippen molar-refractivity contribution in [2.75, 3.05) is 5.32 Å². The summed E-state index contributed by atoms with van der Waals surface area (Å²) in [5.74, 6) is -0.00662. The van der Waals surface area contributed by atoms with Crippen LogP contribution >= 0.6 is 0 Å². The Bertz CT molecular complexity index is 1330. The van der Waals surface area contributed by atoms with Gasteiger partial charge in [0.25, 0.3) is 18.6 Å². The van der Waals surface area contributed by atoms with Crippen LogP contribution in [0.15, 0.2) is 61.2 Å². The minimum atomic E-state index is -1.67. The zero-order valence-corrected chi connectivity index (χ0v) is 23.5. The first-order valence-corrected chi connectivity index (χ1v) is 13.1. The molecule has 2 aromatic rings. The summed E-state index contributed by atoms with van der Waals surface area (Å²) in [6.45, 7) is 3.40. The number of nitrogens with one attached hydrogen (secondary N) is 1. The van der Waals surface area contributed by atoms with Crippen molar-refractivity contribution < 1.29 is 78.4 Å². The molecule has 0 saturated carbocycles. The number of rotatable bonds is 11. The largest absolute Gasteiger partial charge is 0.462 e. The number of carbonyl (C=O) groups is 3. The van der Waals surface area contributed by atoms with Crippen molar-refractivity contribution in [2.24, 2.45) is 0 Å². The van der Waals surface area contributed by atoms with Gasteiger partial charge in [0.1, 0.15) is 48.1 Å². The van der Waals surface area contributed by atoms with Crippen LogP contribution in [0.25, 0.3) is 0 Å². The maximum atomic E-state index is 11.2. The Morgan fingerprint density at radius 2 is 1.11 bits per heavy atom.